The Hall–Kier alpha value is -3.17. The lowest BCUT2D eigenvalue weighted by molar-refractivity contribution is 0.0921. The molecule has 0 radical (unpaired) electrons. The van der Waals surface area contributed by atoms with Gasteiger partial charge in [0, 0.05) is 31.9 Å². The van der Waals surface area contributed by atoms with E-state index >= 15 is 0 Å². The Balaban J connectivity index is 1.35. The highest BCUT2D eigenvalue weighted by atomic mass is 32.2. The van der Waals surface area contributed by atoms with Crippen LogP contribution in [0.25, 0.3) is 0 Å². The molecule has 8 nitrogen and oxygen atoms in total. The number of carbonyl (C=O) groups excluding carboxylic acids is 1. The molecule has 0 saturated carbocycles. The molecule has 0 spiro atoms. The minimum absolute atomic E-state index is 0.147. The molecule has 0 aliphatic carbocycles. The third-order valence-electron chi connectivity index (χ3n) is 5.44. The van der Waals surface area contributed by atoms with Crippen molar-refractivity contribution in [3.8, 4) is 0 Å². The Morgan fingerprint density at radius 1 is 0.969 bits per heavy atom. The van der Waals surface area contributed by atoms with Crippen LogP contribution in [0.15, 0.2) is 74.9 Å². The van der Waals surface area contributed by atoms with Crippen molar-refractivity contribution in [2.45, 2.75) is 37.2 Å². The molecule has 168 valence electrons. The topological polar surface area (TPSA) is 102 Å². The molecule has 1 N–H and O–H groups in total. The molecular weight excluding hydrogens is 430 g/mol. The van der Waals surface area contributed by atoms with Crippen LogP contribution in [-0.4, -0.2) is 36.3 Å². The van der Waals surface area contributed by atoms with E-state index in [-0.39, 0.29) is 35.2 Å². The number of amides is 1. The van der Waals surface area contributed by atoms with Gasteiger partial charge < -0.3 is 14.3 Å². The zero-order valence-corrected chi connectivity index (χ0v) is 18.4. The Morgan fingerprint density at radius 3 is 2.44 bits per heavy atom. The highest BCUT2D eigenvalue weighted by Gasteiger charge is 2.25. The predicted molar refractivity (Wildman–Crippen MR) is 119 cm³/mol. The first-order chi connectivity index (χ1) is 15.4. The standard InChI is InChI=1S/C23H25N3O5S/c27-22-6-2-5-13-25(22)17-19-9-12-21(31-19)23(28)24-16-18-7-10-20(11-8-18)32(29,30)26-14-3-1-4-15-26/h2,5-13H,1,3-4,14-17H2,(H,24,28). The van der Waals surface area contributed by atoms with Gasteiger partial charge in [0.05, 0.1) is 11.4 Å². The number of sulfonamides is 1. The minimum atomic E-state index is -3.47. The predicted octanol–water partition coefficient (Wildman–Crippen LogP) is 2.59. The lowest BCUT2D eigenvalue weighted by Gasteiger charge is -2.25. The number of carbonyl (C=O) groups is 1. The van der Waals surface area contributed by atoms with Gasteiger partial charge in [-0.2, -0.15) is 4.31 Å². The number of rotatable bonds is 7. The largest absolute Gasteiger partial charge is 0.454 e. The molecule has 1 aliphatic rings. The summed E-state index contributed by atoms with van der Waals surface area (Å²) < 4.78 is 34.0. The van der Waals surface area contributed by atoms with Crippen molar-refractivity contribution in [2.24, 2.45) is 0 Å². The number of piperidine rings is 1. The molecule has 2 aromatic heterocycles. The SMILES string of the molecule is O=C(NCc1ccc(S(=O)(=O)N2CCCCC2)cc1)c1ccc(Cn2ccccc2=O)o1. The average Bonchev–Trinajstić information content (AvgIpc) is 3.28. The van der Waals surface area contributed by atoms with Crippen molar-refractivity contribution in [2.75, 3.05) is 13.1 Å². The summed E-state index contributed by atoms with van der Waals surface area (Å²) in [6, 6.07) is 14.7. The lowest BCUT2D eigenvalue weighted by atomic mass is 10.2. The summed E-state index contributed by atoms with van der Waals surface area (Å²) in [6.45, 7) is 1.59. The summed E-state index contributed by atoms with van der Waals surface area (Å²) in [7, 11) is -3.47. The van der Waals surface area contributed by atoms with Crippen LogP contribution >= 0.6 is 0 Å². The number of furan rings is 1. The van der Waals surface area contributed by atoms with Crippen LogP contribution in [0, 0.1) is 0 Å². The van der Waals surface area contributed by atoms with Gasteiger partial charge in [-0.1, -0.05) is 24.6 Å². The molecule has 1 saturated heterocycles. The zero-order valence-electron chi connectivity index (χ0n) is 17.6. The molecule has 1 fully saturated rings. The molecule has 0 bridgehead atoms. The maximum absolute atomic E-state index is 12.7. The van der Waals surface area contributed by atoms with Crippen LogP contribution in [0.2, 0.25) is 0 Å². The Kier molecular flexibility index (Phi) is 6.57. The molecule has 1 amide bonds. The second-order valence-corrected chi connectivity index (χ2v) is 9.66. The van der Waals surface area contributed by atoms with Crippen molar-refractivity contribution >= 4 is 15.9 Å². The van der Waals surface area contributed by atoms with E-state index in [0.29, 0.717) is 18.8 Å². The second kappa shape index (κ2) is 9.54. The van der Waals surface area contributed by atoms with Gasteiger partial charge in [0.25, 0.3) is 11.5 Å². The van der Waals surface area contributed by atoms with Gasteiger partial charge in [-0.15, -0.1) is 0 Å². The van der Waals surface area contributed by atoms with E-state index in [4.69, 9.17) is 4.42 Å². The summed E-state index contributed by atoms with van der Waals surface area (Å²) in [4.78, 5) is 24.5. The maximum Gasteiger partial charge on any atom is 0.287 e. The van der Waals surface area contributed by atoms with Gasteiger partial charge in [-0.25, -0.2) is 8.42 Å². The summed E-state index contributed by atoms with van der Waals surface area (Å²) in [5.41, 5.74) is 0.624. The fourth-order valence-corrected chi connectivity index (χ4v) is 5.16. The molecule has 32 heavy (non-hydrogen) atoms. The zero-order chi connectivity index (χ0) is 22.6. The van der Waals surface area contributed by atoms with Crippen LogP contribution in [0.4, 0.5) is 0 Å². The number of pyridine rings is 1. The van der Waals surface area contributed by atoms with Gasteiger partial charge in [-0.05, 0) is 48.7 Å². The van der Waals surface area contributed by atoms with Crippen LogP contribution in [0.5, 0.6) is 0 Å². The van der Waals surface area contributed by atoms with Crippen molar-refractivity contribution in [1.82, 2.24) is 14.2 Å². The molecule has 9 heteroatoms. The highest BCUT2D eigenvalue weighted by Crippen LogP contribution is 2.21. The Bertz CT molecular complexity index is 1240. The van der Waals surface area contributed by atoms with E-state index in [2.05, 4.69) is 5.32 Å². The average molecular weight is 456 g/mol. The molecule has 3 aromatic rings. The first-order valence-corrected chi connectivity index (χ1v) is 12.0. The van der Waals surface area contributed by atoms with Crippen LogP contribution < -0.4 is 10.9 Å². The van der Waals surface area contributed by atoms with Gasteiger partial charge in [0.2, 0.25) is 10.0 Å². The second-order valence-electron chi connectivity index (χ2n) is 7.72. The van der Waals surface area contributed by atoms with Crippen molar-refractivity contribution in [1.29, 1.82) is 0 Å². The van der Waals surface area contributed by atoms with Crippen LogP contribution in [-0.2, 0) is 23.1 Å². The summed E-state index contributed by atoms with van der Waals surface area (Å²) in [5, 5.41) is 2.76. The molecular formula is C23H25N3O5S. The number of aromatic nitrogens is 1. The van der Waals surface area contributed by atoms with E-state index in [1.165, 1.54) is 14.9 Å². The lowest BCUT2D eigenvalue weighted by Crippen LogP contribution is -2.35. The van der Waals surface area contributed by atoms with E-state index in [1.54, 1.807) is 54.7 Å². The van der Waals surface area contributed by atoms with Gasteiger partial charge in [0.1, 0.15) is 5.76 Å². The quantitative estimate of drug-likeness (QED) is 0.590. The van der Waals surface area contributed by atoms with Gasteiger partial charge in [-0.3, -0.25) is 9.59 Å². The molecule has 3 heterocycles. The minimum Gasteiger partial charge on any atom is -0.454 e. The fourth-order valence-electron chi connectivity index (χ4n) is 3.65. The van der Waals surface area contributed by atoms with Crippen molar-refractivity contribution < 1.29 is 17.6 Å². The van der Waals surface area contributed by atoms with Gasteiger partial charge >= 0.3 is 0 Å². The summed E-state index contributed by atoms with van der Waals surface area (Å²) in [6.07, 6.45) is 4.49. The number of nitrogens with zero attached hydrogens (tertiary/aromatic N) is 2. The van der Waals surface area contributed by atoms with E-state index in [1.807, 2.05) is 0 Å². The molecule has 0 unspecified atom stereocenters. The summed E-state index contributed by atoms with van der Waals surface area (Å²) >= 11 is 0. The van der Waals surface area contributed by atoms with E-state index < -0.39 is 10.0 Å². The van der Waals surface area contributed by atoms with Gasteiger partial charge in [0.15, 0.2) is 5.76 Å². The highest BCUT2D eigenvalue weighted by molar-refractivity contribution is 7.89. The number of hydrogen-bond acceptors (Lipinski definition) is 5. The number of nitrogens with one attached hydrogen (secondary N) is 1. The monoisotopic (exact) mass is 455 g/mol. The van der Waals surface area contributed by atoms with Crippen molar-refractivity contribution in [3.05, 3.63) is 88.2 Å². The molecule has 1 aliphatic heterocycles. The normalized spacial score (nSPS) is 14.9. The van der Waals surface area contributed by atoms with E-state index in [9.17, 15) is 18.0 Å². The fraction of sp³-hybridized carbons (Fsp3) is 0.304. The third kappa shape index (κ3) is 5.00. The van der Waals surface area contributed by atoms with Crippen LogP contribution in [0.1, 0.15) is 41.1 Å². The molecule has 1 aromatic carbocycles. The molecule has 4 rings (SSSR count). The number of benzene rings is 1. The Labute approximate surface area is 186 Å². The first-order valence-electron chi connectivity index (χ1n) is 10.5. The molecule has 0 atom stereocenters. The maximum atomic E-state index is 12.7. The smallest absolute Gasteiger partial charge is 0.287 e. The summed E-state index contributed by atoms with van der Waals surface area (Å²) in [5.74, 6) is 0.255. The van der Waals surface area contributed by atoms with E-state index in [0.717, 1.165) is 24.8 Å². The number of hydrogen-bond donors (Lipinski definition) is 1. The van der Waals surface area contributed by atoms with Crippen LogP contribution in [0.3, 0.4) is 0 Å². The van der Waals surface area contributed by atoms with Crippen molar-refractivity contribution in [3.63, 3.8) is 0 Å². The first kappa shape index (κ1) is 22.0. The third-order valence-corrected chi connectivity index (χ3v) is 7.35. The Morgan fingerprint density at radius 2 is 1.72 bits per heavy atom.